The van der Waals surface area contributed by atoms with Crippen molar-refractivity contribution in [2.75, 3.05) is 0 Å². The highest BCUT2D eigenvalue weighted by Crippen LogP contribution is 2.26. The van der Waals surface area contributed by atoms with Crippen molar-refractivity contribution in [2.24, 2.45) is 11.3 Å². The van der Waals surface area contributed by atoms with E-state index in [9.17, 15) is 4.79 Å². The molecule has 120 valence electrons. The Morgan fingerprint density at radius 1 is 1.32 bits per heavy atom. The van der Waals surface area contributed by atoms with E-state index in [1.165, 1.54) is 17.3 Å². The Morgan fingerprint density at radius 2 is 1.91 bits per heavy atom. The van der Waals surface area contributed by atoms with Crippen LogP contribution in [0.15, 0.2) is 36.9 Å². The van der Waals surface area contributed by atoms with Gasteiger partial charge in [0.15, 0.2) is 0 Å². The van der Waals surface area contributed by atoms with Crippen LogP contribution in [0.5, 0.6) is 5.75 Å². The van der Waals surface area contributed by atoms with Gasteiger partial charge < -0.3 is 9.94 Å². The minimum absolute atomic E-state index is 0.0852. The molecule has 22 heavy (non-hydrogen) atoms. The van der Waals surface area contributed by atoms with Gasteiger partial charge in [-0.1, -0.05) is 32.4 Å². The lowest BCUT2D eigenvalue weighted by Crippen LogP contribution is -2.34. The molecule has 1 aromatic heterocycles. The molecule has 0 aliphatic carbocycles. The second kappa shape index (κ2) is 7.88. The van der Waals surface area contributed by atoms with Gasteiger partial charge in [-0.15, -0.1) is 0 Å². The van der Waals surface area contributed by atoms with Crippen LogP contribution >= 0.6 is 11.6 Å². The number of carbonyl (C=O) groups excluding carboxylic acids is 1. The molecule has 1 aromatic carbocycles. The standard InChI is InChI=1S/C14H16ClN3O2.H3NO/c1-14(2,3)12(19)13(18-9-16-8-17-18)20-11-6-4-10(15)5-7-11;1-2/h4-9,13H,1-3H3;2H,1H2. The molecule has 0 aliphatic rings. The van der Waals surface area contributed by atoms with Gasteiger partial charge in [-0.3, -0.25) is 4.79 Å². The quantitative estimate of drug-likeness (QED) is 0.836. The minimum atomic E-state index is -0.848. The summed E-state index contributed by atoms with van der Waals surface area (Å²) in [6, 6.07) is 6.83. The van der Waals surface area contributed by atoms with Crippen LogP contribution in [0.1, 0.15) is 27.0 Å². The number of aromatic nitrogens is 3. The van der Waals surface area contributed by atoms with Gasteiger partial charge in [-0.05, 0) is 24.3 Å². The topological polar surface area (TPSA) is 103 Å². The Bertz CT molecular complexity index is 579. The number of hydrogen-bond donors (Lipinski definition) is 2. The number of halogens is 1. The zero-order chi connectivity index (χ0) is 16.8. The fourth-order valence-corrected chi connectivity index (χ4v) is 1.70. The molecule has 0 bridgehead atoms. The van der Waals surface area contributed by atoms with E-state index >= 15 is 0 Å². The third-order valence-corrected chi connectivity index (χ3v) is 2.95. The van der Waals surface area contributed by atoms with E-state index in [1.807, 2.05) is 20.8 Å². The summed E-state index contributed by atoms with van der Waals surface area (Å²) in [4.78, 5) is 16.4. The van der Waals surface area contributed by atoms with Crippen LogP contribution in [0.25, 0.3) is 0 Å². The fourth-order valence-electron chi connectivity index (χ4n) is 1.58. The molecule has 1 atom stereocenters. The normalized spacial score (nSPS) is 12.1. The first-order valence-electron chi connectivity index (χ1n) is 6.44. The van der Waals surface area contributed by atoms with Crippen molar-refractivity contribution in [1.82, 2.24) is 14.8 Å². The maximum Gasteiger partial charge on any atom is 0.252 e. The van der Waals surface area contributed by atoms with Crippen molar-refractivity contribution < 1.29 is 14.7 Å². The molecule has 2 rings (SSSR count). The minimum Gasteiger partial charge on any atom is -0.461 e. The van der Waals surface area contributed by atoms with E-state index in [1.54, 1.807) is 24.3 Å². The monoisotopic (exact) mass is 326 g/mol. The average Bonchev–Trinajstić information content (AvgIpc) is 3.01. The number of carbonyl (C=O) groups is 1. The number of ether oxygens (including phenoxy) is 1. The number of rotatable bonds is 4. The van der Waals surface area contributed by atoms with E-state index in [4.69, 9.17) is 21.5 Å². The molecule has 1 unspecified atom stereocenters. The zero-order valence-corrected chi connectivity index (χ0v) is 13.4. The van der Waals surface area contributed by atoms with Crippen molar-refractivity contribution in [3.05, 3.63) is 41.9 Å². The van der Waals surface area contributed by atoms with Gasteiger partial charge in [-0.2, -0.15) is 5.10 Å². The predicted octanol–water partition coefficient (Wildman–Crippen LogP) is 2.46. The lowest BCUT2D eigenvalue weighted by molar-refractivity contribution is -0.138. The van der Waals surface area contributed by atoms with E-state index in [0.29, 0.717) is 10.8 Å². The summed E-state index contributed by atoms with van der Waals surface area (Å²) in [5, 5.41) is 11.1. The van der Waals surface area contributed by atoms with E-state index in [0.717, 1.165) is 0 Å². The molecule has 7 nitrogen and oxygen atoms in total. The molecular formula is C14H19ClN4O3. The molecule has 0 saturated heterocycles. The van der Waals surface area contributed by atoms with Crippen molar-refractivity contribution >= 4 is 17.4 Å². The van der Waals surface area contributed by atoms with E-state index < -0.39 is 11.6 Å². The van der Waals surface area contributed by atoms with Crippen LogP contribution in [-0.2, 0) is 4.79 Å². The molecule has 0 amide bonds. The van der Waals surface area contributed by atoms with Crippen molar-refractivity contribution in [1.29, 1.82) is 0 Å². The highest BCUT2D eigenvalue weighted by atomic mass is 35.5. The first-order chi connectivity index (χ1) is 10.4. The fraction of sp³-hybridized carbons (Fsp3) is 0.357. The van der Waals surface area contributed by atoms with E-state index in [-0.39, 0.29) is 5.78 Å². The number of nitrogens with two attached hydrogens (primary N) is 1. The summed E-state index contributed by atoms with van der Waals surface area (Å²) in [5.74, 6) is 3.96. The second-order valence-electron chi connectivity index (χ2n) is 5.41. The van der Waals surface area contributed by atoms with E-state index in [2.05, 4.69) is 16.0 Å². The largest absolute Gasteiger partial charge is 0.461 e. The van der Waals surface area contributed by atoms with Crippen LogP contribution in [0.4, 0.5) is 0 Å². The Balaban J connectivity index is 0.00000116. The van der Waals surface area contributed by atoms with Crippen LogP contribution in [0.3, 0.4) is 0 Å². The smallest absolute Gasteiger partial charge is 0.252 e. The Kier molecular flexibility index (Phi) is 6.48. The number of hydrogen-bond acceptors (Lipinski definition) is 6. The van der Waals surface area contributed by atoms with Crippen molar-refractivity contribution in [2.45, 2.75) is 27.0 Å². The van der Waals surface area contributed by atoms with Crippen LogP contribution in [0, 0.1) is 5.41 Å². The number of Topliss-reactive ketones (excluding diaryl/α,β-unsaturated/α-hetero) is 1. The summed E-state index contributed by atoms with van der Waals surface area (Å²) in [7, 11) is 0. The van der Waals surface area contributed by atoms with Crippen molar-refractivity contribution in [3.8, 4) is 5.75 Å². The molecule has 0 fully saturated rings. The molecule has 2 aromatic rings. The zero-order valence-electron chi connectivity index (χ0n) is 12.6. The van der Waals surface area contributed by atoms with Crippen LogP contribution < -0.4 is 10.6 Å². The Labute approximate surface area is 133 Å². The molecule has 0 spiro atoms. The summed E-state index contributed by atoms with van der Waals surface area (Å²) >= 11 is 5.83. The van der Waals surface area contributed by atoms with Gasteiger partial charge in [-0.25, -0.2) is 15.6 Å². The molecule has 0 saturated carbocycles. The predicted molar refractivity (Wildman–Crippen MR) is 81.6 cm³/mol. The lowest BCUT2D eigenvalue weighted by atomic mass is 9.90. The second-order valence-corrected chi connectivity index (χ2v) is 5.85. The van der Waals surface area contributed by atoms with Crippen LogP contribution in [-0.4, -0.2) is 25.8 Å². The van der Waals surface area contributed by atoms with Gasteiger partial charge in [0, 0.05) is 10.4 Å². The first-order valence-corrected chi connectivity index (χ1v) is 6.82. The third kappa shape index (κ3) is 4.80. The molecular weight excluding hydrogens is 308 g/mol. The molecule has 8 heteroatoms. The number of ketones is 1. The number of nitrogens with zero attached hydrogens (tertiary/aromatic N) is 3. The van der Waals surface area contributed by atoms with Crippen LogP contribution in [0.2, 0.25) is 5.02 Å². The maximum atomic E-state index is 12.5. The Morgan fingerprint density at radius 3 is 2.36 bits per heavy atom. The maximum absolute atomic E-state index is 12.5. The number of benzene rings is 1. The summed E-state index contributed by atoms with van der Waals surface area (Å²) in [6.45, 7) is 5.51. The molecule has 3 N–H and O–H groups in total. The van der Waals surface area contributed by atoms with Crippen molar-refractivity contribution in [3.63, 3.8) is 0 Å². The van der Waals surface area contributed by atoms with Gasteiger partial charge in [0.05, 0.1) is 0 Å². The van der Waals surface area contributed by atoms with Gasteiger partial charge in [0.25, 0.3) is 6.23 Å². The first kappa shape index (κ1) is 18.1. The lowest BCUT2D eigenvalue weighted by Gasteiger charge is -2.25. The highest BCUT2D eigenvalue weighted by molar-refractivity contribution is 6.30. The summed E-state index contributed by atoms with van der Waals surface area (Å²) < 4.78 is 7.16. The SMILES string of the molecule is CC(C)(C)C(=O)C(Oc1ccc(Cl)cc1)n1cncn1.NO. The third-order valence-electron chi connectivity index (χ3n) is 2.70. The highest BCUT2D eigenvalue weighted by Gasteiger charge is 2.33. The van der Waals surface area contributed by atoms with Gasteiger partial charge in [0.2, 0.25) is 5.78 Å². The van der Waals surface area contributed by atoms with Gasteiger partial charge in [0.1, 0.15) is 18.4 Å². The summed E-state index contributed by atoms with van der Waals surface area (Å²) in [5.41, 5.74) is -0.553. The molecule has 0 radical (unpaired) electrons. The average molecular weight is 327 g/mol. The molecule has 1 heterocycles. The van der Waals surface area contributed by atoms with Gasteiger partial charge >= 0.3 is 0 Å². The Hall–Kier alpha value is -1.96. The molecule has 0 aliphatic heterocycles. The summed E-state index contributed by atoms with van der Waals surface area (Å²) in [6.07, 6.45) is 1.98.